The Morgan fingerprint density at radius 3 is 2.45 bits per heavy atom. The number of alkyl halides is 3. The van der Waals surface area contributed by atoms with Crippen LogP contribution in [0.25, 0.3) is 0 Å². The normalized spacial score (nSPS) is 20.9. The second-order valence-corrected chi connectivity index (χ2v) is 5.01. The van der Waals surface area contributed by atoms with Crippen LogP contribution in [0.2, 0.25) is 0 Å². The van der Waals surface area contributed by atoms with E-state index in [9.17, 15) is 18.0 Å². The van der Waals surface area contributed by atoms with Gasteiger partial charge in [0.2, 0.25) is 0 Å². The van der Waals surface area contributed by atoms with Gasteiger partial charge in [0.1, 0.15) is 6.04 Å². The average Bonchev–Trinajstić information content (AvgIpc) is 2.38. The number of carboxylic acid groups (broad SMARTS) is 1. The van der Waals surface area contributed by atoms with E-state index in [4.69, 9.17) is 5.11 Å². The molecule has 1 N–H and O–H groups in total. The van der Waals surface area contributed by atoms with Crippen LogP contribution in [0.15, 0.2) is 24.3 Å². The van der Waals surface area contributed by atoms with Crippen molar-refractivity contribution in [3.8, 4) is 0 Å². The molecule has 0 aliphatic carbocycles. The third-order valence-electron chi connectivity index (χ3n) is 3.57. The Bertz CT molecular complexity index is 470. The van der Waals surface area contributed by atoms with Crippen molar-refractivity contribution in [1.82, 2.24) is 4.90 Å². The minimum absolute atomic E-state index is 0.370. The first-order valence-corrected chi connectivity index (χ1v) is 6.51. The summed E-state index contributed by atoms with van der Waals surface area (Å²) >= 11 is 0. The summed E-state index contributed by atoms with van der Waals surface area (Å²) in [4.78, 5) is 13.0. The number of rotatable bonds is 3. The highest BCUT2D eigenvalue weighted by atomic mass is 19.4. The van der Waals surface area contributed by atoms with Gasteiger partial charge in [-0.05, 0) is 37.1 Å². The lowest BCUT2D eigenvalue weighted by Crippen LogP contribution is -2.43. The van der Waals surface area contributed by atoms with Gasteiger partial charge in [-0.1, -0.05) is 18.6 Å². The monoisotopic (exact) mass is 287 g/mol. The van der Waals surface area contributed by atoms with Gasteiger partial charge in [-0.15, -0.1) is 0 Å². The molecule has 0 bridgehead atoms. The van der Waals surface area contributed by atoms with Gasteiger partial charge in [-0.2, -0.15) is 13.2 Å². The van der Waals surface area contributed by atoms with Crippen LogP contribution >= 0.6 is 0 Å². The maximum absolute atomic E-state index is 12.5. The predicted octanol–water partition coefficient (Wildman–Crippen LogP) is 3.14. The fourth-order valence-electron chi connectivity index (χ4n) is 2.49. The maximum atomic E-state index is 12.5. The molecule has 1 aliphatic rings. The van der Waals surface area contributed by atoms with Gasteiger partial charge in [-0.25, -0.2) is 0 Å². The lowest BCUT2D eigenvalue weighted by atomic mass is 10.0. The molecule has 20 heavy (non-hydrogen) atoms. The van der Waals surface area contributed by atoms with Crippen LogP contribution < -0.4 is 0 Å². The first kappa shape index (κ1) is 14.8. The molecule has 0 aromatic heterocycles. The van der Waals surface area contributed by atoms with Crippen molar-refractivity contribution in [2.24, 2.45) is 0 Å². The Morgan fingerprint density at radius 2 is 1.90 bits per heavy atom. The van der Waals surface area contributed by atoms with Crippen molar-refractivity contribution < 1.29 is 23.1 Å². The van der Waals surface area contributed by atoms with Crippen LogP contribution in [0.4, 0.5) is 13.2 Å². The summed E-state index contributed by atoms with van der Waals surface area (Å²) in [7, 11) is 0. The molecule has 0 amide bonds. The van der Waals surface area contributed by atoms with E-state index in [0.717, 1.165) is 25.0 Å². The molecule has 1 saturated heterocycles. The minimum atomic E-state index is -4.34. The van der Waals surface area contributed by atoms with Gasteiger partial charge in [-0.3, -0.25) is 9.69 Å². The van der Waals surface area contributed by atoms with E-state index in [1.165, 1.54) is 12.1 Å². The lowest BCUT2D eigenvalue weighted by Gasteiger charge is -2.32. The van der Waals surface area contributed by atoms with Crippen molar-refractivity contribution in [2.45, 2.75) is 38.0 Å². The van der Waals surface area contributed by atoms with Crippen molar-refractivity contribution in [1.29, 1.82) is 0 Å². The first-order chi connectivity index (χ1) is 9.38. The molecule has 0 radical (unpaired) electrons. The number of carbonyl (C=O) groups is 1. The molecule has 1 unspecified atom stereocenters. The number of hydrogen-bond acceptors (Lipinski definition) is 2. The third kappa shape index (κ3) is 3.50. The topological polar surface area (TPSA) is 40.5 Å². The summed E-state index contributed by atoms with van der Waals surface area (Å²) in [5, 5.41) is 9.15. The fourth-order valence-corrected chi connectivity index (χ4v) is 2.49. The SMILES string of the molecule is O=C(O)C1CCCCN1Cc1ccc(C(F)(F)F)cc1. The Labute approximate surface area is 115 Å². The summed E-state index contributed by atoms with van der Waals surface area (Å²) in [5.74, 6) is -0.864. The molecule has 1 aromatic rings. The Balaban J connectivity index is 2.07. The van der Waals surface area contributed by atoms with Crippen LogP contribution in [-0.4, -0.2) is 28.6 Å². The van der Waals surface area contributed by atoms with Gasteiger partial charge in [0.25, 0.3) is 0 Å². The molecular weight excluding hydrogens is 271 g/mol. The number of carboxylic acids is 1. The molecule has 110 valence electrons. The van der Waals surface area contributed by atoms with E-state index in [1.807, 2.05) is 4.90 Å². The molecule has 0 spiro atoms. The summed E-state index contributed by atoms with van der Waals surface area (Å²) in [6, 6.07) is 4.36. The van der Waals surface area contributed by atoms with E-state index in [-0.39, 0.29) is 0 Å². The molecule has 1 aromatic carbocycles. The summed E-state index contributed by atoms with van der Waals surface area (Å²) in [6.45, 7) is 1.03. The smallest absolute Gasteiger partial charge is 0.416 e. The molecule has 0 saturated carbocycles. The summed E-state index contributed by atoms with van der Waals surface area (Å²) in [5.41, 5.74) is 0.0147. The quantitative estimate of drug-likeness (QED) is 0.928. The second-order valence-electron chi connectivity index (χ2n) is 5.01. The maximum Gasteiger partial charge on any atom is 0.416 e. The van der Waals surface area contributed by atoms with Crippen LogP contribution in [-0.2, 0) is 17.5 Å². The van der Waals surface area contributed by atoms with Crippen molar-refractivity contribution in [3.63, 3.8) is 0 Å². The molecule has 2 rings (SSSR count). The van der Waals surface area contributed by atoms with Crippen molar-refractivity contribution >= 4 is 5.97 Å². The number of piperidine rings is 1. The van der Waals surface area contributed by atoms with Crippen LogP contribution in [0.1, 0.15) is 30.4 Å². The molecule has 1 aliphatic heterocycles. The van der Waals surface area contributed by atoms with E-state index in [2.05, 4.69) is 0 Å². The van der Waals surface area contributed by atoms with Gasteiger partial charge in [0.15, 0.2) is 0 Å². The molecule has 6 heteroatoms. The van der Waals surface area contributed by atoms with E-state index < -0.39 is 23.8 Å². The van der Waals surface area contributed by atoms with Crippen molar-refractivity contribution in [2.75, 3.05) is 6.54 Å². The highest BCUT2D eigenvalue weighted by Crippen LogP contribution is 2.29. The molecular formula is C14H16F3NO2. The van der Waals surface area contributed by atoms with E-state index in [0.29, 0.717) is 25.1 Å². The highest BCUT2D eigenvalue weighted by Gasteiger charge is 2.31. The van der Waals surface area contributed by atoms with Gasteiger partial charge in [0.05, 0.1) is 5.56 Å². The number of hydrogen-bond donors (Lipinski definition) is 1. The number of likely N-dealkylation sites (tertiary alicyclic amines) is 1. The number of benzene rings is 1. The summed E-state index contributed by atoms with van der Waals surface area (Å²) < 4.78 is 37.4. The predicted molar refractivity (Wildman–Crippen MR) is 67.1 cm³/mol. The van der Waals surface area contributed by atoms with E-state index in [1.54, 1.807) is 0 Å². The molecule has 1 atom stereocenters. The zero-order valence-electron chi connectivity index (χ0n) is 10.9. The van der Waals surface area contributed by atoms with Crippen LogP contribution in [0, 0.1) is 0 Å². The average molecular weight is 287 g/mol. The summed E-state index contributed by atoms with van der Waals surface area (Å²) in [6.07, 6.45) is -1.95. The Kier molecular flexibility index (Phi) is 4.32. The molecule has 1 heterocycles. The number of nitrogens with zero attached hydrogens (tertiary/aromatic N) is 1. The zero-order chi connectivity index (χ0) is 14.8. The van der Waals surface area contributed by atoms with Crippen LogP contribution in [0.3, 0.4) is 0 Å². The van der Waals surface area contributed by atoms with Gasteiger partial charge < -0.3 is 5.11 Å². The van der Waals surface area contributed by atoms with Gasteiger partial charge in [0, 0.05) is 6.54 Å². The number of aliphatic carboxylic acids is 1. The second kappa shape index (κ2) is 5.83. The fraction of sp³-hybridized carbons (Fsp3) is 0.500. The highest BCUT2D eigenvalue weighted by molar-refractivity contribution is 5.73. The molecule has 3 nitrogen and oxygen atoms in total. The van der Waals surface area contributed by atoms with Crippen LogP contribution in [0.5, 0.6) is 0 Å². The first-order valence-electron chi connectivity index (χ1n) is 6.51. The van der Waals surface area contributed by atoms with E-state index >= 15 is 0 Å². The number of halogens is 3. The standard InChI is InChI=1S/C14H16F3NO2/c15-14(16,17)11-6-4-10(5-7-11)9-18-8-2-1-3-12(18)13(19)20/h4-7,12H,1-3,8-9H2,(H,19,20). The lowest BCUT2D eigenvalue weighted by molar-refractivity contribution is -0.144. The molecule has 1 fully saturated rings. The Morgan fingerprint density at radius 1 is 1.25 bits per heavy atom. The van der Waals surface area contributed by atoms with Crippen molar-refractivity contribution in [3.05, 3.63) is 35.4 Å². The largest absolute Gasteiger partial charge is 0.480 e. The third-order valence-corrected chi connectivity index (χ3v) is 3.57. The Hall–Kier alpha value is -1.56. The zero-order valence-corrected chi connectivity index (χ0v) is 10.9. The minimum Gasteiger partial charge on any atom is -0.480 e. The van der Waals surface area contributed by atoms with Gasteiger partial charge >= 0.3 is 12.1 Å².